The Labute approximate surface area is 78.6 Å². The molecule has 0 aromatic carbocycles. The lowest BCUT2D eigenvalue weighted by atomic mass is 10.3. The van der Waals surface area contributed by atoms with Crippen LogP contribution in [0.3, 0.4) is 0 Å². The lowest BCUT2D eigenvalue weighted by molar-refractivity contribution is 0.771. The molecule has 0 unspecified atom stereocenters. The van der Waals surface area contributed by atoms with Gasteiger partial charge in [0, 0.05) is 12.7 Å². The van der Waals surface area contributed by atoms with Gasteiger partial charge in [-0.05, 0) is 32.4 Å². The van der Waals surface area contributed by atoms with Crippen LogP contribution in [0.5, 0.6) is 0 Å². The summed E-state index contributed by atoms with van der Waals surface area (Å²) in [5.41, 5.74) is 5.38. The molecule has 0 saturated heterocycles. The van der Waals surface area contributed by atoms with Crippen LogP contribution < -0.4 is 11.1 Å². The molecule has 1 aromatic rings. The van der Waals surface area contributed by atoms with Crippen molar-refractivity contribution in [3.05, 3.63) is 18.1 Å². The van der Waals surface area contributed by atoms with Crippen molar-refractivity contribution < 1.29 is 0 Å². The molecule has 0 spiro atoms. The first kappa shape index (κ1) is 9.92. The number of aromatic nitrogens is 2. The number of nitrogens with one attached hydrogen (secondary N) is 1. The molecule has 1 heterocycles. The van der Waals surface area contributed by atoms with E-state index >= 15 is 0 Å². The average molecular weight is 180 g/mol. The standard InChI is InChI=1S/C9H16N4/c1-8-11-7-4-9(13-8)12-6-3-2-5-10/h4,7H,2-3,5-6,10H2,1H3,(H,11,12,13). The Morgan fingerprint density at radius 1 is 1.46 bits per heavy atom. The zero-order valence-electron chi connectivity index (χ0n) is 7.95. The molecule has 0 aliphatic heterocycles. The van der Waals surface area contributed by atoms with Gasteiger partial charge < -0.3 is 11.1 Å². The summed E-state index contributed by atoms with van der Waals surface area (Å²) < 4.78 is 0. The van der Waals surface area contributed by atoms with Gasteiger partial charge in [0.05, 0.1) is 0 Å². The van der Waals surface area contributed by atoms with E-state index in [0.29, 0.717) is 0 Å². The maximum Gasteiger partial charge on any atom is 0.129 e. The maximum atomic E-state index is 5.38. The van der Waals surface area contributed by atoms with E-state index in [-0.39, 0.29) is 0 Å². The van der Waals surface area contributed by atoms with Crippen LogP contribution in [-0.2, 0) is 0 Å². The summed E-state index contributed by atoms with van der Waals surface area (Å²) in [6.07, 6.45) is 3.89. The Balaban J connectivity index is 2.28. The molecular weight excluding hydrogens is 164 g/mol. The quantitative estimate of drug-likeness (QED) is 0.662. The van der Waals surface area contributed by atoms with Crippen molar-refractivity contribution in [3.8, 4) is 0 Å². The van der Waals surface area contributed by atoms with Gasteiger partial charge >= 0.3 is 0 Å². The second kappa shape index (κ2) is 5.48. The number of nitrogens with two attached hydrogens (primary N) is 1. The summed E-state index contributed by atoms with van der Waals surface area (Å²) in [4.78, 5) is 8.23. The Morgan fingerprint density at radius 3 is 3.00 bits per heavy atom. The van der Waals surface area contributed by atoms with Gasteiger partial charge in [-0.2, -0.15) is 0 Å². The minimum absolute atomic E-state index is 0.754. The molecule has 1 aromatic heterocycles. The van der Waals surface area contributed by atoms with Gasteiger partial charge in [0.25, 0.3) is 0 Å². The average Bonchev–Trinajstić information content (AvgIpc) is 2.13. The number of aryl methyl sites for hydroxylation is 1. The molecule has 0 aliphatic rings. The fourth-order valence-electron chi connectivity index (χ4n) is 1.04. The zero-order valence-corrected chi connectivity index (χ0v) is 7.95. The topological polar surface area (TPSA) is 63.8 Å². The van der Waals surface area contributed by atoms with Gasteiger partial charge in [-0.25, -0.2) is 9.97 Å². The van der Waals surface area contributed by atoms with Crippen molar-refractivity contribution in [2.45, 2.75) is 19.8 Å². The van der Waals surface area contributed by atoms with Crippen molar-refractivity contribution in [1.29, 1.82) is 0 Å². The van der Waals surface area contributed by atoms with Crippen molar-refractivity contribution >= 4 is 5.82 Å². The summed E-state index contributed by atoms with van der Waals surface area (Å²) in [6, 6.07) is 1.87. The number of unbranched alkanes of at least 4 members (excludes halogenated alkanes) is 1. The Kier molecular flexibility index (Phi) is 4.18. The van der Waals surface area contributed by atoms with Crippen molar-refractivity contribution in [1.82, 2.24) is 9.97 Å². The number of rotatable bonds is 5. The van der Waals surface area contributed by atoms with E-state index in [4.69, 9.17) is 5.73 Å². The maximum absolute atomic E-state index is 5.38. The minimum Gasteiger partial charge on any atom is -0.370 e. The molecule has 0 atom stereocenters. The molecule has 13 heavy (non-hydrogen) atoms. The third kappa shape index (κ3) is 3.85. The number of anilines is 1. The smallest absolute Gasteiger partial charge is 0.129 e. The van der Waals surface area contributed by atoms with E-state index in [0.717, 1.165) is 37.6 Å². The lowest BCUT2D eigenvalue weighted by Crippen LogP contribution is -2.07. The Bertz CT molecular complexity index is 249. The lowest BCUT2D eigenvalue weighted by Gasteiger charge is -2.04. The first-order chi connectivity index (χ1) is 6.33. The van der Waals surface area contributed by atoms with Crippen LogP contribution in [-0.4, -0.2) is 23.1 Å². The minimum atomic E-state index is 0.754. The molecule has 72 valence electrons. The molecular formula is C9H16N4. The largest absolute Gasteiger partial charge is 0.370 e. The van der Waals surface area contributed by atoms with E-state index in [1.807, 2.05) is 13.0 Å². The second-order valence-electron chi connectivity index (χ2n) is 2.91. The van der Waals surface area contributed by atoms with Gasteiger partial charge in [0.15, 0.2) is 0 Å². The highest BCUT2D eigenvalue weighted by molar-refractivity contribution is 5.32. The van der Waals surface area contributed by atoms with Crippen LogP contribution in [0.4, 0.5) is 5.82 Å². The number of hydrogen-bond donors (Lipinski definition) is 2. The van der Waals surface area contributed by atoms with E-state index in [2.05, 4.69) is 15.3 Å². The van der Waals surface area contributed by atoms with Crippen molar-refractivity contribution in [2.75, 3.05) is 18.4 Å². The molecule has 4 nitrogen and oxygen atoms in total. The summed E-state index contributed by atoms with van der Waals surface area (Å²) >= 11 is 0. The molecule has 0 aliphatic carbocycles. The highest BCUT2D eigenvalue weighted by Gasteiger charge is 1.93. The van der Waals surface area contributed by atoms with E-state index in [1.165, 1.54) is 0 Å². The van der Waals surface area contributed by atoms with E-state index in [9.17, 15) is 0 Å². The van der Waals surface area contributed by atoms with E-state index < -0.39 is 0 Å². The second-order valence-corrected chi connectivity index (χ2v) is 2.91. The van der Waals surface area contributed by atoms with Gasteiger partial charge in [0.1, 0.15) is 11.6 Å². The van der Waals surface area contributed by atoms with Gasteiger partial charge in [-0.15, -0.1) is 0 Å². The molecule has 1 rings (SSSR count). The van der Waals surface area contributed by atoms with Crippen LogP contribution in [0, 0.1) is 6.92 Å². The third-order valence-electron chi connectivity index (χ3n) is 1.71. The van der Waals surface area contributed by atoms with Crippen LogP contribution in [0.2, 0.25) is 0 Å². The normalized spacial score (nSPS) is 10.0. The molecule has 4 heteroatoms. The van der Waals surface area contributed by atoms with Crippen LogP contribution in [0.15, 0.2) is 12.3 Å². The molecule has 0 amide bonds. The summed E-state index contributed by atoms with van der Waals surface area (Å²) in [7, 11) is 0. The Morgan fingerprint density at radius 2 is 2.31 bits per heavy atom. The highest BCUT2D eigenvalue weighted by atomic mass is 15.0. The monoisotopic (exact) mass is 180 g/mol. The fourth-order valence-corrected chi connectivity index (χ4v) is 1.04. The molecule has 3 N–H and O–H groups in total. The predicted octanol–water partition coefficient (Wildman–Crippen LogP) is 0.936. The van der Waals surface area contributed by atoms with Gasteiger partial charge in [0.2, 0.25) is 0 Å². The first-order valence-electron chi connectivity index (χ1n) is 4.56. The zero-order chi connectivity index (χ0) is 9.52. The fraction of sp³-hybridized carbons (Fsp3) is 0.556. The van der Waals surface area contributed by atoms with E-state index in [1.54, 1.807) is 6.20 Å². The van der Waals surface area contributed by atoms with Crippen molar-refractivity contribution in [3.63, 3.8) is 0 Å². The number of hydrogen-bond acceptors (Lipinski definition) is 4. The SMILES string of the molecule is Cc1nccc(NCCCCN)n1. The summed E-state index contributed by atoms with van der Waals surface area (Å²) in [5, 5.41) is 3.21. The van der Waals surface area contributed by atoms with Crippen LogP contribution in [0.1, 0.15) is 18.7 Å². The summed E-state index contributed by atoms with van der Waals surface area (Å²) in [6.45, 7) is 3.56. The highest BCUT2D eigenvalue weighted by Crippen LogP contribution is 2.01. The van der Waals surface area contributed by atoms with Crippen molar-refractivity contribution in [2.24, 2.45) is 5.73 Å². The van der Waals surface area contributed by atoms with Gasteiger partial charge in [-0.1, -0.05) is 0 Å². The van der Waals surface area contributed by atoms with Gasteiger partial charge in [-0.3, -0.25) is 0 Å². The van der Waals surface area contributed by atoms with Crippen LogP contribution >= 0.6 is 0 Å². The molecule has 0 fully saturated rings. The molecule has 0 bridgehead atoms. The molecule has 0 radical (unpaired) electrons. The van der Waals surface area contributed by atoms with Crippen LogP contribution in [0.25, 0.3) is 0 Å². The molecule has 0 saturated carbocycles. The predicted molar refractivity (Wildman–Crippen MR) is 53.5 cm³/mol. The summed E-state index contributed by atoms with van der Waals surface area (Å²) in [5.74, 6) is 1.69. The first-order valence-corrected chi connectivity index (χ1v) is 4.56. The third-order valence-corrected chi connectivity index (χ3v) is 1.71. The Hall–Kier alpha value is -1.16. The number of nitrogens with zero attached hydrogens (tertiary/aromatic N) is 2.